The molecule has 1 aromatic heterocycles. The largest absolute Gasteiger partial charge is 0.305 e. The molecular weight excluding hydrogens is 196 g/mol. The van der Waals surface area contributed by atoms with Gasteiger partial charge in [0.2, 0.25) is 0 Å². The molecule has 0 aromatic carbocycles. The SMILES string of the molecule is Cc1ccnc(SS)c1[N+](=O)[O-]. The van der Waals surface area contributed by atoms with Gasteiger partial charge >= 0.3 is 5.69 Å². The van der Waals surface area contributed by atoms with E-state index in [0.717, 1.165) is 10.8 Å². The molecule has 0 atom stereocenters. The van der Waals surface area contributed by atoms with Gasteiger partial charge in [-0.1, -0.05) is 0 Å². The first-order valence-corrected chi connectivity index (χ1v) is 4.95. The van der Waals surface area contributed by atoms with Crippen molar-refractivity contribution in [3.05, 3.63) is 27.9 Å². The van der Waals surface area contributed by atoms with Crippen molar-refractivity contribution in [1.29, 1.82) is 0 Å². The number of pyridine rings is 1. The van der Waals surface area contributed by atoms with Gasteiger partial charge in [-0.25, -0.2) is 4.98 Å². The fraction of sp³-hybridized carbons (Fsp3) is 0.167. The maximum atomic E-state index is 10.5. The van der Waals surface area contributed by atoms with E-state index in [-0.39, 0.29) is 5.69 Å². The fourth-order valence-corrected chi connectivity index (χ4v) is 1.65. The number of aryl methyl sites for hydroxylation is 1. The van der Waals surface area contributed by atoms with Crippen molar-refractivity contribution >= 4 is 28.1 Å². The Morgan fingerprint density at radius 2 is 2.42 bits per heavy atom. The van der Waals surface area contributed by atoms with Crippen LogP contribution in [-0.2, 0) is 0 Å². The van der Waals surface area contributed by atoms with Crippen molar-refractivity contribution in [2.24, 2.45) is 0 Å². The van der Waals surface area contributed by atoms with Gasteiger partial charge in [-0.05, 0) is 23.8 Å². The molecule has 0 fully saturated rings. The zero-order chi connectivity index (χ0) is 9.14. The standard InChI is InChI=1S/C6H6N2O2S2/c1-4-2-3-7-6(12-11)5(4)8(9)10/h2-3,11H,1H3. The molecule has 1 heterocycles. The second kappa shape index (κ2) is 3.77. The van der Waals surface area contributed by atoms with Crippen molar-refractivity contribution in [2.75, 3.05) is 0 Å². The number of thiol groups is 1. The van der Waals surface area contributed by atoms with Gasteiger partial charge < -0.3 is 0 Å². The van der Waals surface area contributed by atoms with Crippen LogP contribution in [0.15, 0.2) is 17.3 Å². The molecule has 1 aromatic rings. The van der Waals surface area contributed by atoms with Crippen LogP contribution in [0.1, 0.15) is 5.56 Å². The van der Waals surface area contributed by atoms with Crippen LogP contribution in [0.2, 0.25) is 0 Å². The molecule has 0 aliphatic carbocycles. The van der Waals surface area contributed by atoms with E-state index >= 15 is 0 Å². The van der Waals surface area contributed by atoms with Crippen LogP contribution in [0.5, 0.6) is 0 Å². The normalized spacial score (nSPS) is 9.83. The van der Waals surface area contributed by atoms with Crippen molar-refractivity contribution in [2.45, 2.75) is 11.9 Å². The van der Waals surface area contributed by atoms with Gasteiger partial charge in [0.05, 0.1) is 4.92 Å². The van der Waals surface area contributed by atoms with E-state index in [1.54, 1.807) is 13.0 Å². The number of hydrogen-bond acceptors (Lipinski definition) is 5. The summed E-state index contributed by atoms with van der Waals surface area (Å²) in [5, 5.41) is 10.9. The average Bonchev–Trinajstić information content (AvgIpc) is 2.03. The molecule has 4 nitrogen and oxygen atoms in total. The second-order valence-electron chi connectivity index (χ2n) is 2.13. The maximum Gasteiger partial charge on any atom is 0.305 e. The third kappa shape index (κ3) is 1.70. The Kier molecular flexibility index (Phi) is 2.93. The highest BCUT2D eigenvalue weighted by molar-refractivity contribution is 8.68. The molecule has 0 saturated heterocycles. The van der Waals surface area contributed by atoms with Crippen molar-refractivity contribution in [3.63, 3.8) is 0 Å². The minimum atomic E-state index is -0.444. The van der Waals surface area contributed by atoms with E-state index in [0.29, 0.717) is 10.6 Å². The van der Waals surface area contributed by atoms with Crippen LogP contribution >= 0.6 is 22.5 Å². The monoisotopic (exact) mass is 202 g/mol. The van der Waals surface area contributed by atoms with E-state index in [1.807, 2.05) is 0 Å². The summed E-state index contributed by atoms with van der Waals surface area (Å²) >= 11 is 3.87. The smallest absolute Gasteiger partial charge is 0.258 e. The third-order valence-corrected chi connectivity index (χ3v) is 2.35. The van der Waals surface area contributed by atoms with Gasteiger partial charge in [0, 0.05) is 11.8 Å². The van der Waals surface area contributed by atoms with Gasteiger partial charge in [0.15, 0.2) is 5.03 Å². The van der Waals surface area contributed by atoms with Gasteiger partial charge in [0.25, 0.3) is 0 Å². The Hall–Kier alpha value is -0.750. The van der Waals surface area contributed by atoms with Gasteiger partial charge in [-0.15, -0.1) is 11.7 Å². The molecule has 0 spiro atoms. The van der Waals surface area contributed by atoms with Gasteiger partial charge in [-0.2, -0.15) is 0 Å². The van der Waals surface area contributed by atoms with E-state index in [2.05, 4.69) is 16.6 Å². The fourth-order valence-electron chi connectivity index (χ4n) is 0.814. The molecule has 0 aliphatic heterocycles. The first-order chi connectivity index (χ1) is 5.66. The molecule has 0 N–H and O–H groups in total. The molecule has 0 bridgehead atoms. The predicted molar refractivity (Wildman–Crippen MR) is 50.5 cm³/mol. The van der Waals surface area contributed by atoms with Crippen molar-refractivity contribution < 1.29 is 4.92 Å². The summed E-state index contributed by atoms with van der Waals surface area (Å²) in [6, 6.07) is 1.60. The van der Waals surface area contributed by atoms with Crippen molar-refractivity contribution in [1.82, 2.24) is 4.98 Å². The Bertz CT molecular complexity index is 316. The summed E-state index contributed by atoms with van der Waals surface area (Å²) in [7, 11) is 0.980. The number of rotatable bonds is 2. The molecule has 12 heavy (non-hydrogen) atoms. The topological polar surface area (TPSA) is 56.0 Å². The number of aromatic nitrogens is 1. The third-order valence-electron chi connectivity index (χ3n) is 1.36. The molecule has 0 saturated carbocycles. The summed E-state index contributed by atoms with van der Waals surface area (Å²) in [4.78, 5) is 13.9. The minimum Gasteiger partial charge on any atom is -0.258 e. The summed E-state index contributed by atoms with van der Waals surface area (Å²) < 4.78 is 0. The van der Waals surface area contributed by atoms with Crippen molar-refractivity contribution in [3.8, 4) is 0 Å². The second-order valence-corrected chi connectivity index (χ2v) is 3.25. The highest BCUT2D eigenvalue weighted by Gasteiger charge is 2.17. The molecule has 6 heteroatoms. The van der Waals surface area contributed by atoms with Crippen LogP contribution in [0.3, 0.4) is 0 Å². The molecule has 0 amide bonds. The minimum absolute atomic E-state index is 0.0394. The average molecular weight is 202 g/mol. The first kappa shape index (κ1) is 9.34. The molecule has 0 radical (unpaired) electrons. The van der Waals surface area contributed by atoms with Crippen LogP contribution in [0.25, 0.3) is 0 Å². The predicted octanol–water partition coefficient (Wildman–Crippen LogP) is 2.24. The molecule has 1 rings (SSSR count). The van der Waals surface area contributed by atoms with E-state index in [9.17, 15) is 10.1 Å². The molecule has 0 unspecified atom stereocenters. The van der Waals surface area contributed by atoms with Crippen LogP contribution < -0.4 is 0 Å². The Labute approximate surface area is 78.3 Å². The van der Waals surface area contributed by atoms with Crippen LogP contribution in [0.4, 0.5) is 5.69 Å². The Balaban J connectivity index is 3.29. The number of hydrogen-bond donors (Lipinski definition) is 1. The maximum absolute atomic E-state index is 10.5. The lowest BCUT2D eigenvalue weighted by atomic mass is 10.3. The van der Waals surface area contributed by atoms with Crippen LogP contribution in [0, 0.1) is 17.0 Å². The van der Waals surface area contributed by atoms with E-state index in [1.165, 1.54) is 6.20 Å². The molecule has 64 valence electrons. The summed E-state index contributed by atoms with van der Waals surface area (Å²) in [6.07, 6.45) is 1.53. The summed E-state index contributed by atoms with van der Waals surface area (Å²) in [5.41, 5.74) is 0.643. The highest BCUT2D eigenvalue weighted by atomic mass is 33.1. The van der Waals surface area contributed by atoms with Crippen LogP contribution in [-0.4, -0.2) is 9.91 Å². The lowest BCUT2D eigenvalue weighted by Crippen LogP contribution is -1.95. The Morgan fingerprint density at radius 3 is 2.83 bits per heavy atom. The zero-order valence-electron chi connectivity index (χ0n) is 6.22. The first-order valence-electron chi connectivity index (χ1n) is 3.08. The van der Waals surface area contributed by atoms with Gasteiger partial charge in [-0.3, -0.25) is 10.1 Å². The molecular formula is C6H6N2O2S2. The van der Waals surface area contributed by atoms with Gasteiger partial charge in [0.1, 0.15) is 0 Å². The van der Waals surface area contributed by atoms with E-state index in [4.69, 9.17) is 0 Å². The Morgan fingerprint density at radius 1 is 1.75 bits per heavy atom. The summed E-state index contributed by atoms with van der Waals surface area (Å²) in [6.45, 7) is 1.67. The lowest BCUT2D eigenvalue weighted by molar-refractivity contribution is -0.388. The number of nitro groups is 1. The summed E-state index contributed by atoms with van der Waals surface area (Å²) in [5.74, 6) is 0. The number of nitrogens with zero attached hydrogens (tertiary/aromatic N) is 2. The van der Waals surface area contributed by atoms with E-state index < -0.39 is 4.92 Å². The highest BCUT2D eigenvalue weighted by Crippen LogP contribution is 2.31. The quantitative estimate of drug-likeness (QED) is 0.346. The zero-order valence-corrected chi connectivity index (χ0v) is 7.93. The molecule has 0 aliphatic rings. The lowest BCUT2D eigenvalue weighted by Gasteiger charge is -1.99.